The number of ether oxygens (including phenoxy) is 3. The van der Waals surface area contributed by atoms with E-state index in [0.717, 1.165) is 45.4 Å². The van der Waals surface area contributed by atoms with Gasteiger partial charge in [0, 0.05) is 32.5 Å². The molecule has 4 rings (SSSR count). The fraction of sp³-hybridized carbons (Fsp3) is 0.682. The molecule has 6 heteroatoms. The maximum atomic E-state index is 13.4. The molecule has 1 aliphatic carbocycles. The number of para-hydroxylation sites is 1. The van der Waals surface area contributed by atoms with Crippen molar-refractivity contribution in [2.75, 3.05) is 40.4 Å². The fourth-order valence-electron chi connectivity index (χ4n) is 5.26. The Balaban J connectivity index is 1.40. The van der Waals surface area contributed by atoms with E-state index < -0.39 is 0 Å². The van der Waals surface area contributed by atoms with E-state index in [1.165, 1.54) is 19.3 Å². The molecular formula is C22H32N2O4. The summed E-state index contributed by atoms with van der Waals surface area (Å²) in [6.45, 7) is 3.37. The summed E-state index contributed by atoms with van der Waals surface area (Å²) < 4.78 is 17.1. The molecule has 2 heterocycles. The van der Waals surface area contributed by atoms with Gasteiger partial charge < -0.3 is 24.4 Å². The monoisotopic (exact) mass is 388 g/mol. The van der Waals surface area contributed by atoms with Crippen LogP contribution >= 0.6 is 0 Å². The molecule has 1 saturated carbocycles. The number of methoxy groups -OCH3 is 2. The van der Waals surface area contributed by atoms with Crippen LogP contribution in [0.25, 0.3) is 0 Å². The van der Waals surface area contributed by atoms with Crippen LogP contribution < -0.4 is 19.5 Å². The molecule has 1 N–H and O–H groups in total. The van der Waals surface area contributed by atoms with E-state index in [-0.39, 0.29) is 11.5 Å². The third-order valence-corrected chi connectivity index (χ3v) is 6.86. The molecular weight excluding hydrogens is 356 g/mol. The summed E-state index contributed by atoms with van der Waals surface area (Å²) >= 11 is 0. The highest BCUT2D eigenvalue weighted by molar-refractivity contribution is 5.84. The van der Waals surface area contributed by atoms with Gasteiger partial charge >= 0.3 is 0 Å². The lowest BCUT2D eigenvalue weighted by atomic mass is 9.67. The Labute approximate surface area is 167 Å². The lowest BCUT2D eigenvalue weighted by Gasteiger charge is -2.43. The number of carbonyl (C=O) groups is 1. The molecule has 0 unspecified atom stereocenters. The number of piperidine rings is 1. The van der Waals surface area contributed by atoms with E-state index >= 15 is 0 Å². The van der Waals surface area contributed by atoms with Gasteiger partial charge in [0.1, 0.15) is 6.10 Å². The summed E-state index contributed by atoms with van der Waals surface area (Å²) in [4.78, 5) is 15.5. The van der Waals surface area contributed by atoms with Crippen molar-refractivity contribution in [3.63, 3.8) is 0 Å². The van der Waals surface area contributed by atoms with Crippen molar-refractivity contribution in [1.29, 1.82) is 0 Å². The molecule has 2 atom stereocenters. The summed E-state index contributed by atoms with van der Waals surface area (Å²) in [5, 5.41) is 3.49. The lowest BCUT2D eigenvalue weighted by molar-refractivity contribution is -0.147. The zero-order valence-electron chi connectivity index (χ0n) is 17.0. The fourth-order valence-corrected chi connectivity index (χ4v) is 5.26. The van der Waals surface area contributed by atoms with Crippen LogP contribution in [0.5, 0.6) is 17.2 Å². The van der Waals surface area contributed by atoms with Crippen molar-refractivity contribution >= 4 is 5.91 Å². The van der Waals surface area contributed by atoms with Crippen LogP contribution in [0.1, 0.15) is 38.5 Å². The van der Waals surface area contributed by atoms with Crippen molar-refractivity contribution in [1.82, 2.24) is 10.2 Å². The van der Waals surface area contributed by atoms with Gasteiger partial charge in [0.15, 0.2) is 11.5 Å². The van der Waals surface area contributed by atoms with Gasteiger partial charge in [-0.1, -0.05) is 18.9 Å². The lowest BCUT2D eigenvalue weighted by Crippen LogP contribution is -2.52. The zero-order chi connectivity index (χ0) is 19.6. The largest absolute Gasteiger partial charge is 0.493 e. The Kier molecular flexibility index (Phi) is 5.67. The van der Waals surface area contributed by atoms with Crippen molar-refractivity contribution < 1.29 is 19.0 Å². The molecule has 1 amide bonds. The molecule has 1 aromatic rings. The SMILES string of the molecule is COc1cccc(OC)c1OC1CCN(C(=O)[C@@]23CCCC[C@H]2CNC3)CC1. The average Bonchev–Trinajstić information content (AvgIpc) is 3.19. The van der Waals surface area contributed by atoms with Crippen molar-refractivity contribution in [3.8, 4) is 17.2 Å². The van der Waals surface area contributed by atoms with E-state index in [1.54, 1.807) is 14.2 Å². The number of amides is 1. The van der Waals surface area contributed by atoms with Crippen LogP contribution in [0.15, 0.2) is 18.2 Å². The van der Waals surface area contributed by atoms with E-state index in [4.69, 9.17) is 14.2 Å². The summed E-state index contributed by atoms with van der Waals surface area (Å²) in [5.74, 6) is 2.90. The molecule has 0 radical (unpaired) electrons. The van der Waals surface area contributed by atoms with Gasteiger partial charge in [-0.2, -0.15) is 0 Å². The summed E-state index contributed by atoms with van der Waals surface area (Å²) in [7, 11) is 3.27. The van der Waals surface area contributed by atoms with E-state index in [2.05, 4.69) is 10.2 Å². The highest BCUT2D eigenvalue weighted by atomic mass is 16.5. The van der Waals surface area contributed by atoms with Crippen LogP contribution in [-0.4, -0.2) is 57.3 Å². The highest BCUT2D eigenvalue weighted by Crippen LogP contribution is 2.45. The topological polar surface area (TPSA) is 60.0 Å². The summed E-state index contributed by atoms with van der Waals surface area (Å²) in [6.07, 6.45) is 6.40. The third kappa shape index (κ3) is 3.43. The minimum atomic E-state index is -0.155. The van der Waals surface area contributed by atoms with Gasteiger partial charge in [-0.25, -0.2) is 0 Å². The number of likely N-dealkylation sites (tertiary alicyclic amines) is 1. The van der Waals surface area contributed by atoms with Crippen LogP contribution in [0.2, 0.25) is 0 Å². The molecule has 3 aliphatic rings. The molecule has 2 aliphatic heterocycles. The highest BCUT2D eigenvalue weighted by Gasteiger charge is 2.51. The van der Waals surface area contributed by atoms with Crippen molar-refractivity contribution in [3.05, 3.63) is 18.2 Å². The number of benzene rings is 1. The first-order chi connectivity index (χ1) is 13.7. The predicted octanol–water partition coefficient (Wildman–Crippen LogP) is 2.85. The standard InChI is InChI=1S/C22H32N2O4/c1-26-18-7-5-8-19(27-2)20(18)28-17-9-12-24(13-10-17)21(25)22-11-4-3-6-16(22)14-23-15-22/h5,7-8,16-17,23H,3-4,6,9-15H2,1-2H3/t16-,22+/m0/s1. The smallest absolute Gasteiger partial charge is 0.230 e. The summed E-state index contributed by atoms with van der Waals surface area (Å²) in [6, 6.07) is 5.65. The quantitative estimate of drug-likeness (QED) is 0.841. The number of carbonyl (C=O) groups excluding carboxylic acids is 1. The predicted molar refractivity (Wildman–Crippen MR) is 107 cm³/mol. The number of hydrogen-bond donors (Lipinski definition) is 1. The third-order valence-electron chi connectivity index (χ3n) is 6.86. The number of nitrogens with one attached hydrogen (secondary N) is 1. The first-order valence-corrected chi connectivity index (χ1v) is 10.6. The summed E-state index contributed by atoms with van der Waals surface area (Å²) in [5.41, 5.74) is -0.155. The second kappa shape index (κ2) is 8.19. The maximum Gasteiger partial charge on any atom is 0.230 e. The normalized spacial score (nSPS) is 27.9. The molecule has 6 nitrogen and oxygen atoms in total. The van der Waals surface area contributed by atoms with E-state index in [9.17, 15) is 4.79 Å². The number of nitrogens with zero attached hydrogens (tertiary/aromatic N) is 1. The minimum absolute atomic E-state index is 0.0654. The number of rotatable bonds is 5. The number of hydrogen-bond acceptors (Lipinski definition) is 5. The molecule has 0 aromatic heterocycles. The molecule has 2 saturated heterocycles. The Morgan fingerprint density at radius 2 is 1.82 bits per heavy atom. The van der Waals surface area contributed by atoms with Gasteiger partial charge in [-0.15, -0.1) is 0 Å². The first-order valence-electron chi connectivity index (χ1n) is 10.6. The molecule has 3 fully saturated rings. The maximum absolute atomic E-state index is 13.4. The Hall–Kier alpha value is -1.95. The van der Waals surface area contributed by atoms with E-state index in [1.807, 2.05) is 18.2 Å². The second-order valence-corrected chi connectivity index (χ2v) is 8.33. The van der Waals surface area contributed by atoms with Crippen LogP contribution in [-0.2, 0) is 4.79 Å². The second-order valence-electron chi connectivity index (χ2n) is 8.33. The molecule has 0 bridgehead atoms. The molecule has 28 heavy (non-hydrogen) atoms. The Bertz CT molecular complexity index is 680. The van der Waals surface area contributed by atoms with Gasteiger partial charge in [-0.05, 0) is 37.4 Å². The minimum Gasteiger partial charge on any atom is -0.493 e. The number of fused-ring (bicyclic) bond motifs is 1. The zero-order valence-corrected chi connectivity index (χ0v) is 17.0. The van der Waals surface area contributed by atoms with Crippen LogP contribution in [0.4, 0.5) is 0 Å². The first kappa shape index (κ1) is 19.4. The van der Waals surface area contributed by atoms with Gasteiger partial charge in [0.25, 0.3) is 0 Å². The van der Waals surface area contributed by atoms with E-state index in [0.29, 0.717) is 29.1 Å². The van der Waals surface area contributed by atoms with Gasteiger partial charge in [0.05, 0.1) is 19.6 Å². The Morgan fingerprint density at radius 3 is 2.50 bits per heavy atom. The Morgan fingerprint density at radius 1 is 1.11 bits per heavy atom. The van der Waals surface area contributed by atoms with Crippen molar-refractivity contribution in [2.45, 2.75) is 44.6 Å². The average molecular weight is 389 g/mol. The van der Waals surface area contributed by atoms with Gasteiger partial charge in [-0.3, -0.25) is 4.79 Å². The van der Waals surface area contributed by atoms with Gasteiger partial charge in [0.2, 0.25) is 11.7 Å². The molecule has 154 valence electrons. The molecule has 1 aromatic carbocycles. The van der Waals surface area contributed by atoms with Crippen LogP contribution in [0.3, 0.4) is 0 Å². The van der Waals surface area contributed by atoms with Crippen molar-refractivity contribution in [2.24, 2.45) is 11.3 Å². The molecule has 0 spiro atoms. The van der Waals surface area contributed by atoms with Crippen LogP contribution in [0, 0.1) is 11.3 Å².